The van der Waals surface area contributed by atoms with E-state index in [4.69, 9.17) is 15.2 Å². The lowest BCUT2D eigenvalue weighted by molar-refractivity contribution is 0.394. The van der Waals surface area contributed by atoms with Crippen molar-refractivity contribution in [3.8, 4) is 22.8 Å². The van der Waals surface area contributed by atoms with Gasteiger partial charge in [-0.1, -0.05) is 6.07 Å². The molecule has 0 aliphatic rings. The van der Waals surface area contributed by atoms with Gasteiger partial charge in [0, 0.05) is 17.3 Å². The van der Waals surface area contributed by atoms with Crippen LogP contribution in [0, 0.1) is 6.92 Å². The Balaban J connectivity index is 2.25. The van der Waals surface area contributed by atoms with E-state index < -0.39 is 0 Å². The summed E-state index contributed by atoms with van der Waals surface area (Å²) >= 11 is 0. The average molecular weight is 283 g/mol. The number of nitrogens with two attached hydrogens (primary N) is 1. The molecule has 0 saturated heterocycles. The van der Waals surface area contributed by atoms with Gasteiger partial charge in [-0.05, 0) is 31.2 Å². The fraction of sp³-hybridized carbons (Fsp3) is 0.188. The third-order valence-corrected chi connectivity index (χ3v) is 3.50. The number of hydrogen-bond acceptors (Lipinski definition) is 4. The number of benzene rings is 1. The maximum atomic E-state index is 6.27. The third kappa shape index (κ3) is 2.16. The molecule has 0 atom stereocenters. The lowest BCUT2D eigenvalue weighted by Crippen LogP contribution is -1.97. The van der Waals surface area contributed by atoms with Crippen LogP contribution < -0.4 is 15.2 Å². The number of rotatable bonds is 3. The Kier molecular flexibility index (Phi) is 3.17. The molecule has 0 saturated carbocycles. The molecule has 3 aromatic rings. The number of methoxy groups -OCH3 is 2. The summed E-state index contributed by atoms with van der Waals surface area (Å²) in [6.45, 7) is 2.00. The standard InChI is InChI=1S/C16H17N3O2/c1-10-5-4-6-14-18-15(16(17)19(10)14)11-7-12(20-2)9-13(8-11)21-3/h4-9H,17H2,1-3H3. The van der Waals surface area contributed by atoms with Crippen molar-refractivity contribution >= 4 is 11.5 Å². The second kappa shape index (κ2) is 5.01. The van der Waals surface area contributed by atoms with Crippen molar-refractivity contribution in [1.29, 1.82) is 0 Å². The molecule has 3 rings (SSSR count). The highest BCUT2D eigenvalue weighted by Gasteiger charge is 2.14. The normalized spacial score (nSPS) is 10.8. The molecule has 108 valence electrons. The van der Waals surface area contributed by atoms with Crippen LogP contribution in [0.1, 0.15) is 5.69 Å². The van der Waals surface area contributed by atoms with Gasteiger partial charge >= 0.3 is 0 Å². The van der Waals surface area contributed by atoms with Gasteiger partial charge in [-0.15, -0.1) is 0 Å². The molecule has 0 aliphatic heterocycles. The summed E-state index contributed by atoms with van der Waals surface area (Å²) in [6, 6.07) is 11.5. The van der Waals surface area contributed by atoms with Crippen molar-refractivity contribution in [1.82, 2.24) is 9.38 Å². The zero-order valence-electron chi connectivity index (χ0n) is 12.3. The Morgan fingerprint density at radius 1 is 1.05 bits per heavy atom. The minimum absolute atomic E-state index is 0.610. The van der Waals surface area contributed by atoms with Gasteiger partial charge in [0.1, 0.15) is 28.7 Å². The summed E-state index contributed by atoms with van der Waals surface area (Å²) in [5, 5.41) is 0. The van der Waals surface area contributed by atoms with E-state index in [0.717, 1.165) is 22.6 Å². The molecule has 0 unspecified atom stereocenters. The zero-order valence-corrected chi connectivity index (χ0v) is 12.3. The Hall–Kier alpha value is -2.69. The number of nitrogens with zero attached hydrogens (tertiary/aromatic N) is 2. The molecule has 2 N–H and O–H groups in total. The first-order valence-electron chi connectivity index (χ1n) is 6.61. The van der Waals surface area contributed by atoms with Gasteiger partial charge in [-0.3, -0.25) is 4.40 Å². The van der Waals surface area contributed by atoms with E-state index in [1.54, 1.807) is 14.2 Å². The number of aromatic nitrogens is 2. The van der Waals surface area contributed by atoms with Crippen molar-refractivity contribution in [2.24, 2.45) is 0 Å². The minimum atomic E-state index is 0.610. The Labute approximate surface area is 122 Å². The van der Waals surface area contributed by atoms with Gasteiger partial charge in [0.25, 0.3) is 0 Å². The molecule has 0 radical (unpaired) electrons. The number of hydrogen-bond donors (Lipinski definition) is 1. The van der Waals surface area contributed by atoms with E-state index in [-0.39, 0.29) is 0 Å². The van der Waals surface area contributed by atoms with E-state index in [2.05, 4.69) is 4.98 Å². The van der Waals surface area contributed by atoms with Crippen LogP contribution in [-0.2, 0) is 0 Å². The molecular weight excluding hydrogens is 266 g/mol. The van der Waals surface area contributed by atoms with Crippen molar-refractivity contribution < 1.29 is 9.47 Å². The van der Waals surface area contributed by atoms with Crippen LogP contribution in [0.3, 0.4) is 0 Å². The second-order valence-corrected chi connectivity index (χ2v) is 4.81. The maximum Gasteiger partial charge on any atom is 0.139 e. The van der Waals surface area contributed by atoms with Gasteiger partial charge in [-0.2, -0.15) is 0 Å². The third-order valence-electron chi connectivity index (χ3n) is 3.50. The highest BCUT2D eigenvalue weighted by molar-refractivity contribution is 5.77. The van der Waals surface area contributed by atoms with Gasteiger partial charge in [0.05, 0.1) is 14.2 Å². The van der Waals surface area contributed by atoms with Crippen LogP contribution in [0.2, 0.25) is 0 Å². The highest BCUT2D eigenvalue weighted by atomic mass is 16.5. The highest BCUT2D eigenvalue weighted by Crippen LogP contribution is 2.33. The number of anilines is 1. The first-order chi connectivity index (χ1) is 10.1. The Bertz CT molecular complexity index is 786. The van der Waals surface area contributed by atoms with Crippen LogP contribution in [0.4, 0.5) is 5.82 Å². The van der Waals surface area contributed by atoms with E-state index in [9.17, 15) is 0 Å². The van der Waals surface area contributed by atoms with Crippen LogP contribution >= 0.6 is 0 Å². The van der Waals surface area contributed by atoms with Crippen LogP contribution in [0.5, 0.6) is 11.5 Å². The summed E-state index contributed by atoms with van der Waals surface area (Å²) in [4.78, 5) is 4.62. The second-order valence-electron chi connectivity index (χ2n) is 4.81. The number of aryl methyl sites for hydroxylation is 1. The van der Waals surface area contributed by atoms with Crippen LogP contribution in [0.15, 0.2) is 36.4 Å². The van der Waals surface area contributed by atoms with Gasteiger partial charge in [-0.25, -0.2) is 4.98 Å². The molecule has 0 spiro atoms. The summed E-state index contributed by atoms with van der Waals surface area (Å²) in [5.74, 6) is 2.02. The maximum absolute atomic E-state index is 6.27. The summed E-state index contributed by atoms with van der Waals surface area (Å²) in [5.41, 5.74) is 9.73. The predicted molar refractivity (Wildman–Crippen MR) is 82.9 cm³/mol. The smallest absolute Gasteiger partial charge is 0.139 e. The largest absolute Gasteiger partial charge is 0.497 e. The van der Waals surface area contributed by atoms with Crippen molar-refractivity contribution in [2.75, 3.05) is 20.0 Å². The molecule has 0 fully saturated rings. The quantitative estimate of drug-likeness (QED) is 0.803. The van der Waals surface area contributed by atoms with Crippen molar-refractivity contribution in [3.05, 3.63) is 42.1 Å². The number of pyridine rings is 1. The summed E-state index contributed by atoms with van der Waals surface area (Å²) in [7, 11) is 3.24. The molecule has 5 nitrogen and oxygen atoms in total. The topological polar surface area (TPSA) is 61.8 Å². The SMILES string of the molecule is COc1cc(OC)cc(-c2nc3cccc(C)n3c2N)c1. The minimum Gasteiger partial charge on any atom is -0.497 e. The van der Waals surface area contributed by atoms with E-state index in [1.807, 2.05) is 47.7 Å². The molecule has 0 aliphatic carbocycles. The Morgan fingerprint density at radius 3 is 2.29 bits per heavy atom. The van der Waals surface area contributed by atoms with Crippen molar-refractivity contribution in [3.63, 3.8) is 0 Å². The van der Waals surface area contributed by atoms with Gasteiger partial charge < -0.3 is 15.2 Å². The van der Waals surface area contributed by atoms with E-state index in [1.165, 1.54) is 0 Å². The first-order valence-corrected chi connectivity index (χ1v) is 6.61. The number of fused-ring (bicyclic) bond motifs is 1. The first kappa shape index (κ1) is 13.3. The number of imidazole rings is 1. The lowest BCUT2D eigenvalue weighted by atomic mass is 10.1. The fourth-order valence-corrected chi connectivity index (χ4v) is 2.44. The fourth-order valence-electron chi connectivity index (χ4n) is 2.44. The zero-order chi connectivity index (χ0) is 15.0. The molecular formula is C16H17N3O2. The van der Waals surface area contributed by atoms with Gasteiger partial charge in [0.2, 0.25) is 0 Å². The summed E-state index contributed by atoms with van der Waals surface area (Å²) < 4.78 is 12.5. The summed E-state index contributed by atoms with van der Waals surface area (Å²) in [6.07, 6.45) is 0. The van der Waals surface area contributed by atoms with Crippen LogP contribution in [-0.4, -0.2) is 23.6 Å². The monoisotopic (exact) mass is 283 g/mol. The molecule has 1 aromatic carbocycles. The molecule has 0 amide bonds. The molecule has 21 heavy (non-hydrogen) atoms. The number of ether oxygens (including phenoxy) is 2. The molecule has 2 aromatic heterocycles. The van der Waals surface area contributed by atoms with E-state index in [0.29, 0.717) is 17.3 Å². The number of nitrogen functional groups attached to an aromatic ring is 1. The van der Waals surface area contributed by atoms with Gasteiger partial charge in [0.15, 0.2) is 0 Å². The van der Waals surface area contributed by atoms with Crippen LogP contribution in [0.25, 0.3) is 16.9 Å². The molecule has 0 bridgehead atoms. The van der Waals surface area contributed by atoms with Crippen molar-refractivity contribution in [2.45, 2.75) is 6.92 Å². The van der Waals surface area contributed by atoms with E-state index >= 15 is 0 Å². The Morgan fingerprint density at radius 2 is 1.71 bits per heavy atom. The molecule has 2 heterocycles. The predicted octanol–water partition coefficient (Wildman–Crippen LogP) is 2.91. The average Bonchev–Trinajstić information content (AvgIpc) is 2.85. The lowest BCUT2D eigenvalue weighted by Gasteiger charge is -2.07. The molecule has 5 heteroatoms.